The summed E-state index contributed by atoms with van der Waals surface area (Å²) in [6.07, 6.45) is 1.57. The van der Waals surface area contributed by atoms with Gasteiger partial charge in [-0.05, 0) is 48.9 Å². The molecule has 0 bridgehead atoms. The van der Waals surface area contributed by atoms with Crippen LogP contribution in [0.4, 0.5) is 11.4 Å². The van der Waals surface area contributed by atoms with Gasteiger partial charge in [0, 0.05) is 51.0 Å². The van der Waals surface area contributed by atoms with E-state index in [1.54, 1.807) is 24.3 Å². The zero-order chi connectivity index (χ0) is 20.3. The lowest BCUT2D eigenvalue weighted by Crippen LogP contribution is -2.20. The number of anilines is 2. The molecule has 3 rings (SSSR count). The fraction of sp³-hybridized carbons (Fsp3) is 0.300. The highest BCUT2D eigenvalue weighted by molar-refractivity contribution is 7.90. The van der Waals surface area contributed by atoms with Gasteiger partial charge in [0.05, 0.1) is 4.90 Å². The first-order chi connectivity index (χ1) is 13.3. The van der Waals surface area contributed by atoms with Crippen LogP contribution < -0.4 is 10.2 Å². The minimum absolute atomic E-state index is 0.105. The Kier molecular flexibility index (Phi) is 5.69. The van der Waals surface area contributed by atoms with Gasteiger partial charge in [-0.3, -0.25) is 4.79 Å². The van der Waals surface area contributed by atoms with Crippen molar-refractivity contribution in [2.45, 2.75) is 17.7 Å². The van der Waals surface area contributed by atoms with E-state index in [-0.39, 0.29) is 10.8 Å². The van der Waals surface area contributed by atoms with Crippen LogP contribution in [0.5, 0.6) is 0 Å². The van der Waals surface area contributed by atoms with Crippen molar-refractivity contribution >= 4 is 33.1 Å². The van der Waals surface area contributed by atoms with Gasteiger partial charge in [-0.25, -0.2) is 0 Å². The molecule has 1 aliphatic rings. The average molecular weight is 401 g/mol. The topological polar surface area (TPSA) is 82.1 Å². The van der Waals surface area contributed by atoms with Gasteiger partial charge < -0.3 is 15.1 Å². The zero-order valence-electron chi connectivity index (χ0n) is 16.2. The maximum absolute atomic E-state index is 12.5. The molecule has 1 saturated heterocycles. The molecule has 1 aliphatic heterocycles. The number of nitrogens with one attached hydrogen (secondary N) is 1. The highest BCUT2D eigenvalue weighted by Crippen LogP contribution is 2.20. The molecule has 28 heavy (non-hydrogen) atoms. The van der Waals surface area contributed by atoms with Crippen LogP contribution in [-0.2, 0) is 10.0 Å². The lowest BCUT2D eigenvalue weighted by atomic mass is 10.1. The molecule has 2 aromatic rings. The van der Waals surface area contributed by atoms with Crippen molar-refractivity contribution in [2.75, 3.05) is 37.9 Å². The molecule has 0 radical (unpaired) electrons. The first kappa shape index (κ1) is 19.9. The summed E-state index contributed by atoms with van der Waals surface area (Å²) in [7, 11) is 1.89. The third kappa shape index (κ3) is 4.51. The van der Waals surface area contributed by atoms with Crippen molar-refractivity contribution in [1.29, 1.82) is 0 Å². The van der Waals surface area contributed by atoms with Gasteiger partial charge in [0.2, 0.25) is 0 Å². The fourth-order valence-electron chi connectivity index (χ4n) is 2.94. The highest BCUT2D eigenvalue weighted by Gasteiger charge is 2.20. The van der Waals surface area contributed by atoms with E-state index in [0.29, 0.717) is 23.5 Å². The molecule has 0 aromatic heterocycles. The summed E-state index contributed by atoms with van der Waals surface area (Å²) >= 11 is 0. The van der Waals surface area contributed by atoms with Crippen molar-refractivity contribution in [2.24, 2.45) is 4.40 Å². The van der Waals surface area contributed by atoms with Gasteiger partial charge in [-0.1, -0.05) is 6.07 Å². The van der Waals surface area contributed by atoms with Crippen molar-refractivity contribution < 1.29 is 13.2 Å². The van der Waals surface area contributed by atoms with E-state index in [1.807, 2.05) is 43.1 Å². The van der Waals surface area contributed by atoms with Crippen LogP contribution in [0.1, 0.15) is 23.2 Å². The molecule has 0 saturated carbocycles. The van der Waals surface area contributed by atoms with Gasteiger partial charge in [-0.2, -0.15) is 8.42 Å². The Bertz CT molecular complexity index is 998. The van der Waals surface area contributed by atoms with E-state index in [2.05, 4.69) is 9.71 Å². The number of benzene rings is 2. The second-order valence-corrected chi connectivity index (χ2v) is 8.54. The van der Waals surface area contributed by atoms with Crippen LogP contribution in [0.15, 0.2) is 57.8 Å². The maximum atomic E-state index is 12.5. The number of carbonyl (C=O) groups is 1. The second-order valence-electron chi connectivity index (χ2n) is 6.93. The molecule has 0 unspecified atom stereocenters. The molecule has 1 fully saturated rings. The predicted molar refractivity (Wildman–Crippen MR) is 112 cm³/mol. The minimum atomic E-state index is -3.76. The van der Waals surface area contributed by atoms with E-state index >= 15 is 0 Å². The molecule has 2 aromatic carbocycles. The number of likely N-dealkylation sites (tertiary alicyclic amines) is 1. The number of hydrogen-bond acceptors (Lipinski definition) is 4. The van der Waals surface area contributed by atoms with Crippen molar-refractivity contribution in [1.82, 2.24) is 4.90 Å². The van der Waals surface area contributed by atoms with Crippen LogP contribution in [0.3, 0.4) is 0 Å². The maximum Gasteiger partial charge on any atom is 0.283 e. The number of nitrogens with zero attached hydrogens (tertiary/aromatic N) is 3. The van der Waals surface area contributed by atoms with Gasteiger partial charge in [0.15, 0.2) is 0 Å². The van der Waals surface area contributed by atoms with Crippen molar-refractivity contribution in [3.8, 4) is 0 Å². The number of rotatable bonds is 5. The van der Waals surface area contributed by atoms with Crippen LogP contribution in [-0.4, -0.2) is 52.7 Å². The molecule has 0 atom stereocenters. The molecule has 8 heteroatoms. The minimum Gasteiger partial charge on any atom is -0.378 e. The lowest BCUT2D eigenvalue weighted by molar-refractivity contribution is 0.102. The van der Waals surface area contributed by atoms with Gasteiger partial charge in [-0.15, -0.1) is 4.40 Å². The first-order valence-electron chi connectivity index (χ1n) is 9.00. The summed E-state index contributed by atoms with van der Waals surface area (Å²) in [5.41, 5.74) is 1.97. The Morgan fingerprint density at radius 3 is 2.46 bits per heavy atom. The van der Waals surface area contributed by atoms with E-state index < -0.39 is 10.0 Å². The second kappa shape index (κ2) is 8.02. The summed E-state index contributed by atoms with van der Waals surface area (Å²) in [4.78, 5) is 16.3. The van der Waals surface area contributed by atoms with Crippen LogP contribution in [0, 0.1) is 0 Å². The molecular weight excluding hydrogens is 376 g/mol. The molecular formula is C20H24N4O3S. The Morgan fingerprint density at radius 1 is 1.14 bits per heavy atom. The molecule has 1 N–H and O–H groups in total. The standard InChI is InChI=1S/C20H24N4O3S/c1-23(2)17-7-4-6-15(14-17)20(25)21-16-9-11-18(12-10-16)28(26,27)22-19-8-5-13-24(19)3/h4,6-7,9-12,14H,5,8,13H2,1-3H3,(H,21,25). The summed E-state index contributed by atoms with van der Waals surface area (Å²) in [5.74, 6) is 0.324. The number of carbonyl (C=O) groups excluding carboxylic acids is 1. The Labute approximate surface area is 165 Å². The normalized spacial score (nSPS) is 15.7. The number of amides is 1. The lowest BCUT2D eigenvalue weighted by Gasteiger charge is -2.13. The zero-order valence-corrected chi connectivity index (χ0v) is 17.0. The van der Waals surface area contributed by atoms with E-state index in [1.165, 1.54) is 12.1 Å². The van der Waals surface area contributed by atoms with Crippen LogP contribution in [0.2, 0.25) is 0 Å². The van der Waals surface area contributed by atoms with Gasteiger partial charge in [0.1, 0.15) is 5.84 Å². The van der Waals surface area contributed by atoms with E-state index in [0.717, 1.165) is 18.7 Å². The molecule has 148 valence electrons. The van der Waals surface area contributed by atoms with E-state index in [9.17, 15) is 13.2 Å². The largest absolute Gasteiger partial charge is 0.378 e. The molecule has 1 amide bonds. The average Bonchev–Trinajstić information content (AvgIpc) is 3.06. The summed E-state index contributed by atoms with van der Waals surface area (Å²) in [5, 5.41) is 2.79. The predicted octanol–water partition coefficient (Wildman–Crippen LogP) is 2.82. The molecule has 1 heterocycles. The van der Waals surface area contributed by atoms with E-state index in [4.69, 9.17) is 0 Å². The summed E-state index contributed by atoms with van der Waals surface area (Å²) < 4.78 is 28.9. The SMILES string of the molecule is CN1CCCC1=NS(=O)(=O)c1ccc(NC(=O)c2cccc(N(C)C)c2)cc1. The Balaban J connectivity index is 1.74. The number of hydrogen-bond donors (Lipinski definition) is 1. The van der Waals surface area contributed by atoms with Crippen LogP contribution >= 0.6 is 0 Å². The van der Waals surface area contributed by atoms with Crippen LogP contribution in [0.25, 0.3) is 0 Å². The molecule has 0 spiro atoms. The third-order valence-corrected chi connectivity index (χ3v) is 5.91. The number of amidine groups is 1. The third-order valence-electron chi connectivity index (χ3n) is 4.59. The van der Waals surface area contributed by atoms with Gasteiger partial charge >= 0.3 is 0 Å². The Hall–Kier alpha value is -2.87. The smallest absolute Gasteiger partial charge is 0.283 e. The monoisotopic (exact) mass is 400 g/mol. The van der Waals surface area contributed by atoms with Crippen molar-refractivity contribution in [3.05, 3.63) is 54.1 Å². The summed E-state index contributed by atoms with van der Waals surface area (Å²) in [6, 6.07) is 13.3. The summed E-state index contributed by atoms with van der Waals surface area (Å²) in [6.45, 7) is 0.814. The Morgan fingerprint density at radius 2 is 1.86 bits per heavy atom. The first-order valence-corrected chi connectivity index (χ1v) is 10.4. The fourth-order valence-corrected chi connectivity index (χ4v) is 4.03. The molecule has 7 nitrogen and oxygen atoms in total. The number of sulfonamides is 1. The van der Waals surface area contributed by atoms with Gasteiger partial charge in [0.25, 0.3) is 15.9 Å². The highest BCUT2D eigenvalue weighted by atomic mass is 32.2. The van der Waals surface area contributed by atoms with Crippen molar-refractivity contribution in [3.63, 3.8) is 0 Å². The quantitative estimate of drug-likeness (QED) is 0.835. The molecule has 0 aliphatic carbocycles.